The summed E-state index contributed by atoms with van der Waals surface area (Å²) in [5, 5.41) is 2.88. The van der Waals surface area contributed by atoms with Crippen molar-refractivity contribution in [3.63, 3.8) is 0 Å². The molecule has 1 aromatic carbocycles. The van der Waals surface area contributed by atoms with E-state index in [0.29, 0.717) is 5.92 Å². The lowest BCUT2D eigenvalue weighted by molar-refractivity contribution is 0.0890. The molecule has 1 heterocycles. The highest BCUT2D eigenvalue weighted by atomic mass is 19.2. The smallest absolute Gasteiger partial charge is 0.287 e. The van der Waals surface area contributed by atoms with Crippen molar-refractivity contribution < 1.29 is 31.5 Å². The van der Waals surface area contributed by atoms with Gasteiger partial charge in [-0.1, -0.05) is 6.92 Å². The van der Waals surface area contributed by atoms with Gasteiger partial charge in [-0.3, -0.25) is 4.79 Å². The van der Waals surface area contributed by atoms with E-state index in [9.17, 15) is 22.4 Å². The maximum atomic E-state index is 13.6. The molecule has 0 atom stereocenters. The van der Waals surface area contributed by atoms with Gasteiger partial charge in [0, 0.05) is 12.1 Å². The van der Waals surface area contributed by atoms with Crippen LogP contribution in [0.5, 0.6) is 5.75 Å². The van der Waals surface area contributed by atoms with Crippen molar-refractivity contribution in [2.75, 3.05) is 0 Å². The summed E-state index contributed by atoms with van der Waals surface area (Å²) in [5.41, 5.74) is 0. The number of carbonyl (C=O) groups is 1. The van der Waals surface area contributed by atoms with Crippen molar-refractivity contribution in [3.05, 3.63) is 53.0 Å². The van der Waals surface area contributed by atoms with Gasteiger partial charge < -0.3 is 14.5 Å². The lowest BCUT2D eigenvalue weighted by Gasteiger charge is -2.26. The molecule has 4 nitrogen and oxygen atoms in total. The van der Waals surface area contributed by atoms with Crippen molar-refractivity contribution >= 4 is 5.91 Å². The Balaban J connectivity index is 1.61. The van der Waals surface area contributed by atoms with E-state index in [1.54, 1.807) is 0 Å². The molecule has 1 N–H and O–H groups in total. The van der Waals surface area contributed by atoms with E-state index in [1.807, 2.05) is 0 Å². The normalized spacial score (nSPS) is 19.7. The van der Waals surface area contributed by atoms with Crippen LogP contribution in [0, 0.1) is 29.2 Å². The van der Waals surface area contributed by atoms with Gasteiger partial charge >= 0.3 is 0 Å². The second kappa shape index (κ2) is 8.02. The Labute approximate surface area is 153 Å². The minimum Gasteiger partial charge on any atom is -0.479 e. The summed E-state index contributed by atoms with van der Waals surface area (Å²) in [6.45, 7) is 1.68. The van der Waals surface area contributed by atoms with E-state index in [1.165, 1.54) is 12.1 Å². The first kappa shape index (κ1) is 19.3. The maximum Gasteiger partial charge on any atom is 0.287 e. The predicted octanol–water partition coefficient (Wildman–Crippen LogP) is 4.72. The predicted molar refractivity (Wildman–Crippen MR) is 88.2 cm³/mol. The van der Waals surface area contributed by atoms with E-state index in [4.69, 9.17) is 9.15 Å². The molecule has 1 aromatic heterocycles. The molecule has 0 spiro atoms. The van der Waals surface area contributed by atoms with Gasteiger partial charge in [0.25, 0.3) is 5.91 Å². The number of amides is 1. The van der Waals surface area contributed by atoms with Crippen molar-refractivity contribution in [2.24, 2.45) is 5.92 Å². The average molecular weight is 385 g/mol. The van der Waals surface area contributed by atoms with E-state index in [-0.39, 0.29) is 23.6 Å². The first-order chi connectivity index (χ1) is 12.8. The Morgan fingerprint density at radius 2 is 1.74 bits per heavy atom. The molecule has 1 saturated carbocycles. The van der Waals surface area contributed by atoms with Gasteiger partial charge in [-0.2, -0.15) is 8.78 Å². The molecule has 1 aliphatic carbocycles. The molecule has 0 unspecified atom stereocenters. The lowest BCUT2D eigenvalue weighted by atomic mass is 9.87. The van der Waals surface area contributed by atoms with Crippen molar-refractivity contribution in [2.45, 2.75) is 45.3 Å². The van der Waals surface area contributed by atoms with Crippen LogP contribution >= 0.6 is 0 Å². The minimum atomic E-state index is -1.63. The van der Waals surface area contributed by atoms with Crippen LogP contribution < -0.4 is 10.1 Å². The third-order valence-electron chi connectivity index (χ3n) is 4.67. The summed E-state index contributed by atoms with van der Waals surface area (Å²) >= 11 is 0. The zero-order chi connectivity index (χ0) is 19.6. The van der Waals surface area contributed by atoms with Crippen LogP contribution in [0.2, 0.25) is 0 Å². The van der Waals surface area contributed by atoms with Gasteiger partial charge in [-0.15, -0.1) is 0 Å². The van der Waals surface area contributed by atoms with Gasteiger partial charge in [0.1, 0.15) is 12.4 Å². The molecule has 146 valence electrons. The Bertz CT molecular complexity index is 802. The van der Waals surface area contributed by atoms with Crippen molar-refractivity contribution in [1.82, 2.24) is 5.32 Å². The molecule has 0 aliphatic heterocycles. The molecule has 1 amide bonds. The van der Waals surface area contributed by atoms with Crippen molar-refractivity contribution in [1.29, 1.82) is 0 Å². The number of ether oxygens (including phenoxy) is 1. The fraction of sp³-hybridized carbons (Fsp3) is 0.421. The molecular weight excluding hydrogens is 366 g/mol. The van der Waals surface area contributed by atoms with Gasteiger partial charge in [-0.25, -0.2) is 8.78 Å². The molecule has 1 fully saturated rings. The van der Waals surface area contributed by atoms with Crippen LogP contribution in [0.3, 0.4) is 0 Å². The largest absolute Gasteiger partial charge is 0.479 e. The number of hydrogen-bond donors (Lipinski definition) is 1. The topological polar surface area (TPSA) is 51.5 Å². The summed E-state index contributed by atoms with van der Waals surface area (Å²) in [6.07, 6.45) is 3.88. The van der Waals surface area contributed by atoms with Crippen LogP contribution in [0.25, 0.3) is 0 Å². The highest BCUT2D eigenvalue weighted by Gasteiger charge is 2.23. The number of carbonyl (C=O) groups excluding carboxylic acids is 1. The fourth-order valence-electron chi connectivity index (χ4n) is 3.06. The third-order valence-corrected chi connectivity index (χ3v) is 4.67. The Hall–Kier alpha value is -2.51. The fourth-order valence-corrected chi connectivity index (χ4v) is 3.06. The highest BCUT2D eigenvalue weighted by molar-refractivity contribution is 5.91. The zero-order valence-corrected chi connectivity index (χ0v) is 14.7. The van der Waals surface area contributed by atoms with E-state index >= 15 is 0 Å². The number of rotatable bonds is 5. The summed E-state index contributed by atoms with van der Waals surface area (Å²) in [5.74, 6) is -7.20. The average Bonchev–Trinajstić information content (AvgIpc) is 3.11. The zero-order valence-electron chi connectivity index (χ0n) is 14.7. The molecule has 2 aromatic rings. The Morgan fingerprint density at radius 1 is 1.11 bits per heavy atom. The molecule has 27 heavy (non-hydrogen) atoms. The SMILES string of the molecule is CC1CCC(NC(=O)c2ccc(COc3c(F)c(F)cc(F)c3F)o2)CC1. The monoisotopic (exact) mass is 385 g/mol. The van der Waals surface area contributed by atoms with Gasteiger partial charge in [0.15, 0.2) is 23.1 Å². The van der Waals surface area contributed by atoms with Crippen LogP contribution in [0.15, 0.2) is 22.6 Å². The number of furan rings is 1. The minimum absolute atomic E-state index is 0.0265. The second-order valence-corrected chi connectivity index (χ2v) is 6.78. The van der Waals surface area contributed by atoms with Crippen LogP contribution in [0.1, 0.15) is 48.9 Å². The van der Waals surface area contributed by atoms with Crippen molar-refractivity contribution in [3.8, 4) is 5.75 Å². The summed E-state index contributed by atoms with van der Waals surface area (Å²) in [4.78, 5) is 12.2. The third kappa shape index (κ3) is 4.43. The second-order valence-electron chi connectivity index (χ2n) is 6.78. The maximum absolute atomic E-state index is 13.6. The first-order valence-corrected chi connectivity index (χ1v) is 8.70. The molecule has 8 heteroatoms. The number of hydrogen-bond acceptors (Lipinski definition) is 3. The Kier molecular flexibility index (Phi) is 5.72. The summed E-state index contributed by atoms with van der Waals surface area (Å²) in [6, 6.07) is 2.97. The number of halogens is 4. The van der Waals surface area contributed by atoms with Gasteiger partial charge in [-0.05, 0) is 43.7 Å². The van der Waals surface area contributed by atoms with Crippen LogP contribution in [-0.2, 0) is 6.61 Å². The molecule has 0 bridgehead atoms. The van der Waals surface area contributed by atoms with Gasteiger partial charge in [0.05, 0.1) is 0 Å². The standard InChI is InChI=1S/C19H19F4NO3/c1-10-2-4-11(5-3-10)24-19(25)15-7-6-12(27-15)9-26-18-16(22)13(20)8-14(21)17(18)23/h6-8,10-11H,2-5,9H2,1H3,(H,24,25). The lowest BCUT2D eigenvalue weighted by Crippen LogP contribution is -2.37. The van der Waals surface area contributed by atoms with Gasteiger partial charge in [0.2, 0.25) is 11.6 Å². The molecular formula is C19H19F4NO3. The van der Waals surface area contributed by atoms with E-state index in [0.717, 1.165) is 25.7 Å². The molecule has 0 radical (unpaired) electrons. The highest BCUT2D eigenvalue weighted by Crippen LogP contribution is 2.27. The quantitative estimate of drug-likeness (QED) is 0.598. The summed E-state index contributed by atoms with van der Waals surface area (Å²) in [7, 11) is 0. The molecule has 0 saturated heterocycles. The Morgan fingerprint density at radius 3 is 2.37 bits per heavy atom. The van der Waals surface area contributed by atoms with Crippen LogP contribution in [-0.4, -0.2) is 11.9 Å². The molecule has 3 rings (SSSR count). The van der Waals surface area contributed by atoms with Crippen LogP contribution in [0.4, 0.5) is 17.6 Å². The summed E-state index contributed by atoms with van der Waals surface area (Å²) < 4.78 is 63.6. The van der Waals surface area contributed by atoms with E-state index < -0.39 is 41.5 Å². The number of nitrogens with one attached hydrogen (secondary N) is 1. The van der Waals surface area contributed by atoms with E-state index in [2.05, 4.69) is 12.2 Å². The molecule has 1 aliphatic rings. The first-order valence-electron chi connectivity index (χ1n) is 8.70. The number of benzene rings is 1.